The number of aryl methyl sites for hydroxylation is 3. The van der Waals surface area contributed by atoms with Gasteiger partial charge in [-0.1, -0.05) is 148 Å². The van der Waals surface area contributed by atoms with E-state index in [2.05, 4.69) is 126 Å². The fourth-order valence-electron chi connectivity index (χ4n) is 7.21. The van der Waals surface area contributed by atoms with Gasteiger partial charge in [0.15, 0.2) is 0 Å². The molecule has 0 saturated heterocycles. The summed E-state index contributed by atoms with van der Waals surface area (Å²) in [6, 6.07) is 27.1. The Kier molecular flexibility index (Phi) is 9.66. The molecule has 3 aromatic rings. The van der Waals surface area contributed by atoms with Crippen LogP contribution in [0.15, 0.2) is 132 Å². The maximum absolute atomic E-state index is 4.75. The lowest BCUT2D eigenvalue weighted by molar-refractivity contribution is 0.619. The fourth-order valence-corrected chi connectivity index (χ4v) is 7.21. The van der Waals surface area contributed by atoms with Gasteiger partial charge >= 0.3 is 0 Å². The van der Waals surface area contributed by atoms with Crippen LogP contribution in [0.1, 0.15) is 92.7 Å². The van der Waals surface area contributed by atoms with E-state index in [1.165, 1.54) is 66.8 Å². The summed E-state index contributed by atoms with van der Waals surface area (Å²) in [6.45, 7) is 22.3. The predicted molar refractivity (Wildman–Crippen MR) is 188 cm³/mol. The quantitative estimate of drug-likeness (QED) is 0.217. The standard InChI is InChI=1S/C43H48/c1-8-13-30(5)41-31(6)25-40-28-39(32(7)42(40)43(41)37-15-11-10-12-16-37)27-34-20-24-36(38(26-34)14-9-2)23-19-33-17-21-35(22-18-33)29(3)4/h10-12,15-18,20-22,24-27,42-43H,3,5,7-9,13-14,19,23,28H2,1-2,4,6H3/b39-27+. The van der Waals surface area contributed by atoms with Gasteiger partial charge in [0.1, 0.15) is 0 Å². The average molecular weight is 565 g/mol. The minimum absolute atomic E-state index is 0.279. The average Bonchev–Trinajstić information content (AvgIpc) is 3.30. The maximum atomic E-state index is 4.75. The van der Waals surface area contributed by atoms with E-state index in [0.29, 0.717) is 5.92 Å². The Morgan fingerprint density at radius 1 is 0.837 bits per heavy atom. The van der Waals surface area contributed by atoms with Crippen LogP contribution in [0.5, 0.6) is 0 Å². The van der Waals surface area contributed by atoms with Crippen LogP contribution in [-0.4, -0.2) is 0 Å². The van der Waals surface area contributed by atoms with Crippen molar-refractivity contribution in [1.29, 1.82) is 0 Å². The summed E-state index contributed by atoms with van der Waals surface area (Å²) in [5, 5.41) is 0. The van der Waals surface area contributed by atoms with Crippen LogP contribution in [0, 0.1) is 5.92 Å². The SMILES string of the molecule is C=C(CCC)C1=C(C)C=C2C/C(=C\c3ccc(CCc4ccc(C(=C)C)cc4)c(CCC)c3)C(=C)C2C1c1ccccc1. The van der Waals surface area contributed by atoms with Crippen molar-refractivity contribution in [2.24, 2.45) is 5.92 Å². The molecule has 0 amide bonds. The zero-order chi connectivity index (χ0) is 30.5. The molecule has 2 aliphatic carbocycles. The Morgan fingerprint density at radius 2 is 1.58 bits per heavy atom. The normalized spacial score (nSPS) is 19.0. The minimum Gasteiger partial charge on any atom is -0.0955 e. The lowest BCUT2D eigenvalue weighted by atomic mass is 9.69. The second-order valence-electron chi connectivity index (χ2n) is 12.7. The van der Waals surface area contributed by atoms with Gasteiger partial charge < -0.3 is 0 Å². The highest BCUT2D eigenvalue weighted by Gasteiger charge is 2.40. The molecule has 43 heavy (non-hydrogen) atoms. The second-order valence-corrected chi connectivity index (χ2v) is 12.7. The molecule has 0 N–H and O–H groups in total. The maximum Gasteiger partial charge on any atom is 0.0201 e. The van der Waals surface area contributed by atoms with Crippen molar-refractivity contribution in [2.75, 3.05) is 0 Å². The molecular weight excluding hydrogens is 516 g/mol. The van der Waals surface area contributed by atoms with Gasteiger partial charge in [-0.2, -0.15) is 0 Å². The molecule has 0 radical (unpaired) electrons. The zero-order valence-corrected chi connectivity index (χ0v) is 26.8. The Balaban J connectivity index is 1.41. The van der Waals surface area contributed by atoms with E-state index >= 15 is 0 Å². The van der Waals surface area contributed by atoms with Crippen molar-refractivity contribution < 1.29 is 0 Å². The van der Waals surface area contributed by atoms with E-state index in [1.54, 1.807) is 0 Å². The van der Waals surface area contributed by atoms with E-state index < -0.39 is 0 Å². The summed E-state index contributed by atoms with van der Waals surface area (Å²) in [5.74, 6) is 0.577. The summed E-state index contributed by atoms with van der Waals surface area (Å²) in [7, 11) is 0. The minimum atomic E-state index is 0.279. The molecule has 0 nitrogen and oxygen atoms in total. The zero-order valence-electron chi connectivity index (χ0n) is 26.8. The van der Waals surface area contributed by atoms with Crippen LogP contribution >= 0.6 is 0 Å². The highest BCUT2D eigenvalue weighted by molar-refractivity contribution is 5.68. The van der Waals surface area contributed by atoms with Crippen LogP contribution in [0.25, 0.3) is 11.6 Å². The fraction of sp³-hybridized carbons (Fsp3) is 0.302. The van der Waals surface area contributed by atoms with E-state index in [4.69, 9.17) is 6.58 Å². The first-order chi connectivity index (χ1) is 20.8. The van der Waals surface area contributed by atoms with Gasteiger partial charge in [-0.25, -0.2) is 0 Å². The summed E-state index contributed by atoms with van der Waals surface area (Å²) in [6.07, 6.45) is 12.4. The van der Waals surface area contributed by atoms with E-state index in [1.807, 2.05) is 0 Å². The summed E-state index contributed by atoms with van der Waals surface area (Å²) in [5.41, 5.74) is 17.6. The largest absolute Gasteiger partial charge is 0.0955 e. The van der Waals surface area contributed by atoms with Gasteiger partial charge in [-0.3, -0.25) is 0 Å². The molecule has 1 fully saturated rings. The smallest absolute Gasteiger partial charge is 0.0201 e. The molecule has 0 aromatic heterocycles. The molecular formula is C43H48. The Morgan fingerprint density at radius 3 is 2.26 bits per heavy atom. The Labute approximate surface area is 261 Å². The van der Waals surface area contributed by atoms with Gasteiger partial charge in [0, 0.05) is 11.8 Å². The van der Waals surface area contributed by atoms with Crippen LogP contribution in [0.2, 0.25) is 0 Å². The van der Waals surface area contributed by atoms with Crippen molar-refractivity contribution in [1.82, 2.24) is 0 Å². The first kappa shape index (κ1) is 30.6. The molecule has 0 heteroatoms. The van der Waals surface area contributed by atoms with Crippen molar-refractivity contribution in [3.63, 3.8) is 0 Å². The molecule has 5 rings (SSSR count). The lowest BCUT2D eigenvalue weighted by Crippen LogP contribution is -2.21. The van der Waals surface area contributed by atoms with Gasteiger partial charge in [-0.15, -0.1) is 0 Å². The van der Waals surface area contributed by atoms with Crippen LogP contribution in [0.3, 0.4) is 0 Å². The van der Waals surface area contributed by atoms with Crippen LogP contribution < -0.4 is 0 Å². The van der Waals surface area contributed by atoms with Crippen molar-refractivity contribution >= 4 is 11.6 Å². The van der Waals surface area contributed by atoms with Crippen molar-refractivity contribution in [3.05, 3.63) is 165 Å². The van der Waals surface area contributed by atoms with Crippen molar-refractivity contribution in [2.45, 2.75) is 78.6 Å². The number of benzene rings is 3. The molecule has 2 unspecified atom stereocenters. The highest BCUT2D eigenvalue weighted by atomic mass is 14.4. The first-order valence-electron chi connectivity index (χ1n) is 16.2. The molecule has 0 bridgehead atoms. The number of fused-ring (bicyclic) bond motifs is 1. The number of allylic oxidation sites excluding steroid dienone is 8. The lowest BCUT2D eigenvalue weighted by Gasteiger charge is -2.34. The predicted octanol–water partition coefficient (Wildman–Crippen LogP) is 11.8. The molecule has 220 valence electrons. The summed E-state index contributed by atoms with van der Waals surface area (Å²) >= 11 is 0. The van der Waals surface area contributed by atoms with Gasteiger partial charge in [-0.05, 0) is 102 Å². The third kappa shape index (κ3) is 6.70. The van der Waals surface area contributed by atoms with Crippen LogP contribution in [0.4, 0.5) is 0 Å². The second kappa shape index (κ2) is 13.6. The monoisotopic (exact) mass is 564 g/mol. The third-order valence-corrected chi connectivity index (χ3v) is 9.36. The number of rotatable bonds is 11. The van der Waals surface area contributed by atoms with Crippen molar-refractivity contribution in [3.8, 4) is 0 Å². The summed E-state index contributed by atoms with van der Waals surface area (Å²) in [4.78, 5) is 0. The van der Waals surface area contributed by atoms with Gasteiger partial charge in [0.25, 0.3) is 0 Å². The molecule has 0 aliphatic heterocycles. The molecule has 1 saturated carbocycles. The molecule has 2 atom stereocenters. The highest BCUT2D eigenvalue weighted by Crippen LogP contribution is 2.55. The van der Waals surface area contributed by atoms with E-state index in [0.717, 1.165) is 50.5 Å². The van der Waals surface area contributed by atoms with Gasteiger partial charge in [0.2, 0.25) is 0 Å². The summed E-state index contributed by atoms with van der Waals surface area (Å²) < 4.78 is 0. The molecule has 2 aliphatic rings. The number of hydrogen-bond donors (Lipinski definition) is 0. The van der Waals surface area contributed by atoms with E-state index in [-0.39, 0.29) is 5.92 Å². The van der Waals surface area contributed by atoms with Crippen LogP contribution in [-0.2, 0) is 19.3 Å². The molecule has 0 heterocycles. The molecule has 3 aromatic carbocycles. The van der Waals surface area contributed by atoms with E-state index in [9.17, 15) is 0 Å². The van der Waals surface area contributed by atoms with Gasteiger partial charge in [0.05, 0.1) is 0 Å². The Bertz CT molecular complexity index is 1600. The number of hydrogen-bond acceptors (Lipinski definition) is 0. The molecule has 0 spiro atoms. The third-order valence-electron chi connectivity index (χ3n) is 9.36. The first-order valence-corrected chi connectivity index (χ1v) is 16.2. The Hall–Kier alpha value is -3.90. The topological polar surface area (TPSA) is 0 Å².